The second-order valence-corrected chi connectivity index (χ2v) is 9.53. The Bertz CT molecular complexity index is 1170. The van der Waals surface area contributed by atoms with E-state index >= 15 is 0 Å². The Morgan fingerprint density at radius 2 is 2.07 bits per heavy atom. The molecule has 5 nitrogen and oxygen atoms in total. The van der Waals surface area contributed by atoms with Crippen molar-refractivity contribution in [2.24, 2.45) is 0 Å². The molecule has 0 N–H and O–H groups in total. The normalized spacial score (nSPS) is 18.1. The van der Waals surface area contributed by atoms with E-state index in [0.717, 1.165) is 41.0 Å². The van der Waals surface area contributed by atoms with Gasteiger partial charge in [-0.1, -0.05) is 62.0 Å². The fourth-order valence-corrected chi connectivity index (χ4v) is 4.91. The minimum atomic E-state index is -0.245. The van der Waals surface area contributed by atoms with Gasteiger partial charge in [0.15, 0.2) is 5.16 Å². The van der Waals surface area contributed by atoms with E-state index in [1.807, 2.05) is 17.7 Å². The summed E-state index contributed by atoms with van der Waals surface area (Å²) in [6.45, 7) is 14.4. The molecule has 1 aromatic carbocycles. The van der Waals surface area contributed by atoms with E-state index in [1.165, 1.54) is 5.56 Å². The zero-order valence-corrected chi connectivity index (χ0v) is 18.6. The number of nitrogens with zero attached hydrogens (tertiary/aromatic N) is 4. The van der Waals surface area contributed by atoms with Crippen molar-refractivity contribution in [2.45, 2.75) is 64.1 Å². The van der Waals surface area contributed by atoms with Crippen LogP contribution in [0, 0.1) is 0 Å². The van der Waals surface area contributed by atoms with Crippen molar-refractivity contribution in [1.29, 1.82) is 0 Å². The van der Waals surface area contributed by atoms with Gasteiger partial charge in [-0.3, -0.25) is 4.79 Å². The largest absolute Gasteiger partial charge is 0.268 e. The molecule has 4 rings (SSSR count). The lowest BCUT2D eigenvalue weighted by Gasteiger charge is -2.35. The van der Waals surface area contributed by atoms with E-state index in [0.29, 0.717) is 10.9 Å². The van der Waals surface area contributed by atoms with Gasteiger partial charge in [-0.25, -0.2) is 14.1 Å². The van der Waals surface area contributed by atoms with Crippen molar-refractivity contribution in [3.05, 3.63) is 57.9 Å². The number of hydrogen-bond acceptors (Lipinski definition) is 4. The number of benzene rings is 1. The fraction of sp³-hybridized carbons (Fsp3) is 0.435. The van der Waals surface area contributed by atoms with Crippen LogP contribution in [-0.2, 0) is 11.8 Å². The summed E-state index contributed by atoms with van der Waals surface area (Å²) in [5.41, 5.74) is 4.78. The number of rotatable bonds is 5. The highest BCUT2D eigenvalue weighted by Crippen LogP contribution is 2.42. The van der Waals surface area contributed by atoms with Gasteiger partial charge in [-0.15, -0.1) is 5.10 Å². The van der Waals surface area contributed by atoms with E-state index < -0.39 is 0 Å². The predicted octanol–water partition coefficient (Wildman–Crippen LogP) is 5.03. The summed E-state index contributed by atoms with van der Waals surface area (Å²) in [6, 6.07) is 8.43. The maximum atomic E-state index is 13.9. The van der Waals surface area contributed by atoms with Crippen molar-refractivity contribution in [2.75, 3.05) is 5.75 Å². The lowest BCUT2D eigenvalue weighted by molar-refractivity contribution is 0.439. The Morgan fingerprint density at radius 3 is 2.72 bits per heavy atom. The van der Waals surface area contributed by atoms with Crippen LogP contribution in [0.2, 0.25) is 0 Å². The summed E-state index contributed by atoms with van der Waals surface area (Å²) in [5.74, 6) is 1.34. The number of aromatic nitrogens is 4. The van der Waals surface area contributed by atoms with Crippen LogP contribution in [0.15, 0.2) is 46.4 Å². The van der Waals surface area contributed by atoms with Gasteiger partial charge >= 0.3 is 0 Å². The molecule has 0 fully saturated rings. The van der Waals surface area contributed by atoms with Gasteiger partial charge in [0.25, 0.3) is 5.56 Å². The second kappa shape index (κ2) is 7.17. The molecule has 1 atom stereocenters. The Balaban J connectivity index is 2.09. The van der Waals surface area contributed by atoms with Crippen molar-refractivity contribution in [3.8, 4) is 11.3 Å². The van der Waals surface area contributed by atoms with Crippen LogP contribution in [0.5, 0.6) is 0 Å². The van der Waals surface area contributed by atoms with Crippen molar-refractivity contribution < 1.29 is 0 Å². The molecule has 29 heavy (non-hydrogen) atoms. The molecule has 2 aromatic heterocycles. The molecule has 1 unspecified atom stereocenters. The van der Waals surface area contributed by atoms with Gasteiger partial charge in [-0.05, 0) is 39.2 Å². The lowest BCUT2D eigenvalue weighted by atomic mass is 9.69. The lowest BCUT2D eigenvalue weighted by Crippen LogP contribution is -2.38. The zero-order chi connectivity index (χ0) is 20.9. The Morgan fingerprint density at radius 1 is 1.34 bits per heavy atom. The molecule has 1 aliphatic rings. The first-order valence-corrected chi connectivity index (χ1v) is 11.2. The summed E-state index contributed by atoms with van der Waals surface area (Å²) in [7, 11) is 0. The molecular weight excluding hydrogens is 380 g/mol. The first-order valence-electron chi connectivity index (χ1n) is 10.2. The highest BCUT2D eigenvalue weighted by Gasteiger charge is 2.38. The topological polar surface area (TPSA) is 52.2 Å². The van der Waals surface area contributed by atoms with Crippen LogP contribution >= 0.6 is 11.8 Å². The molecule has 0 amide bonds. The standard InChI is InChI=1S/C23H28N4OS/c1-7-23(6)12-16-10-8-9-11-17(16)19-18(23)20(28)26-21(24-19)27(15(4)5)25-22(26)29-13-14(2)3/h8-11,15H,2,7,12-13H2,1,3-6H3. The van der Waals surface area contributed by atoms with Gasteiger partial charge in [0, 0.05) is 16.7 Å². The molecule has 0 saturated carbocycles. The molecule has 0 saturated heterocycles. The van der Waals surface area contributed by atoms with Gasteiger partial charge < -0.3 is 0 Å². The van der Waals surface area contributed by atoms with Crippen LogP contribution in [0.1, 0.15) is 58.2 Å². The summed E-state index contributed by atoms with van der Waals surface area (Å²) in [5, 5.41) is 5.45. The highest BCUT2D eigenvalue weighted by molar-refractivity contribution is 7.99. The van der Waals surface area contributed by atoms with Gasteiger partial charge in [0.2, 0.25) is 5.78 Å². The molecule has 2 heterocycles. The molecule has 152 valence electrons. The average Bonchev–Trinajstić information content (AvgIpc) is 3.05. The SMILES string of the molecule is C=C(C)CSc1nn(C(C)C)c2nc3c(c(=O)n12)C(C)(CC)Cc1ccccc1-3. The summed E-state index contributed by atoms with van der Waals surface area (Å²) < 4.78 is 3.58. The first-order chi connectivity index (χ1) is 13.8. The third-order valence-corrected chi connectivity index (χ3v) is 6.99. The minimum Gasteiger partial charge on any atom is -0.268 e. The fourth-order valence-electron chi connectivity index (χ4n) is 4.10. The van der Waals surface area contributed by atoms with E-state index in [1.54, 1.807) is 16.2 Å². The molecule has 0 radical (unpaired) electrons. The monoisotopic (exact) mass is 408 g/mol. The van der Waals surface area contributed by atoms with E-state index in [9.17, 15) is 4.79 Å². The van der Waals surface area contributed by atoms with Crippen LogP contribution < -0.4 is 5.56 Å². The maximum absolute atomic E-state index is 13.9. The van der Waals surface area contributed by atoms with E-state index in [2.05, 4.69) is 52.5 Å². The molecule has 0 bridgehead atoms. The number of thioether (sulfide) groups is 1. The summed E-state index contributed by atoms with van der Waals surface area (Å²) in [4.78, 5) is 19.0. The third-order valence-electron chi connectivity index (χ3n) is 5.83. The smallest absolute Gasteiger partial charge is 0.265 e. The quantitative estimate of drug-likeness (QED) is 0.439. The molecule has 3 aromatic rings. The van der Waals surface area contributed by atoms with Gasteiger partial charge in [0.05, 0.1) is 17.3 Å². The zero-order valence-electron chi connectivity index (χ0n) is 17.8. The van der Waals surface area contributed by atoms with Crippen LogP contribution in [-0.4, -0.2) is 24.9 Å². The molecule has 0 aliphatic heterocycles. The minimum absolute atomic E-state index is 0.0139. The molecule has 0 spiro atoms. The second-order valence-electron chi connectivity index (χ2n) is 8.59. The Hall–Kier alpha value is -2.34. The van der Waals surface area contributed by atoms with Crippen molar-refractivity contribution >= 4 is 17.5 Å². The van der Waals surface area contributed by atoms with Crippen LogP contribution in [0.25, 0.3) is 17.0 Å². The van der Waals surface area contributed by atoms with E-state index in [4.69, 9.17) is 10.1 Å². The van der Waals surface area contributed by atoms with Crippen molar-refractivity contribution in [3.63, 3.8) is 0 Å². The van der Waals surface area contributed by atoms with Crippen LogP contribution in [0.4, 0.5) is 0 Å². The highest BCUT2D eigenvalue weighted by atomic mass is 32.2. The van der Waals surface area contributed by atoms with Gasteiger partial charge in [-0.2, -0.15) is 0 Å². The number of hydrogen-bond donors (Lipinski definition) is 0. The van der Waals surface area contributed by atoms with Crippen molar-refractivity contribution in [1.82, 2.24) is 19.2 Å². The average molecular weight is 409 g/mol. The summed E-state index contributed by atoms with van der Waals surface area (Å²) in [6.07, 6.45) is 1.73. The maximum Gasteiger partial charge on any atom is 0.265 e. The third kappa shape index (κ3) is 3.14. The molecule has 1 aliphatic carbocycles. The molecular formula is C23H28N4OS. The summed E-state index contributed by atoms with van der Waals surface area (Å²) >= 11 is 1.55. The molecule has 6 heteroatoms. The van der Waals surface area contributed by atoms with E-state index in [-0.39, 0.29) is 17.0 Å². The first kappa shape index (κ1) is 20.0. The Labute approximate surface area is 175 Å². The predicted molar refractivity (Wildman–Crippen MR) is 120 cm³/mol. The van der Waals surface area contributed by atoms with Crippen LogP contribution in [0.3, 0.4) is 0 Å². The van der Waals surface area contributed by atoms with Gasteiger partial charge in [0.1, 0.15) is 0 Å². The Kier molecular flexibility index (Phi) is 4.93. The number of fused-ring (bicyclic) bond motifs is 4.